The summed E-state index contributed by atoms with van der Waals surface area (Å²) in [5, 5.41) is 1.95. The summed E-state index contributed by atoms with van der Waals surface area (Å²) in [6.45, 7) is 1.72. The van der Waals surface area contributed by atoms with E-state index in [-0.39, 0.29) is 0 Å². The van der Waals surface area contributed by atoms with Crippen molar-refractivity contribution < 1.29 is 4.74 Å². The molecule has 0 spiro atoms. The first-order valence-electron chi connectivity index (χ1n) is 4.01. The number of hydrogen-bond acceptors (Lipinski definition) is 3. The van der Waals surface area contributed by atoms with Crippen molar-refractivity contribution >= 4 is 0 Å². The molecule has 1 saturated heterocycles. The molecule has 0 amide bonds. The molecule has 1 aliphatic heterocycles. The van der Waals surface area contributed by atoms with E-state index in [9.17, 15) is 0 Å². The van der Waals surface area contributed by atoms with Crippen LogP contribution in [-0.2, 0) is 4.74 Å². The zero-order chi connectivity index (χ0) is 6.97. The fraction of sp³-hybridized carbons (Fsp3) is 1.00. The Kier molecular flexibility index (Phi) is 1.64. The summed E-state index contributed by atoms with van der Waals surface area (Å²) in [5.74, 6) is 5.77. The molecule has 58 valence electrons. The molecule has 10 heavy (non-hydrogen) atoms. The normalized spacial score (nSPS) is 41.7. The average molecular weight is 142 g/mol. The van der Waals surface area contributed by atoms with E-state index in [1.54, 1.807) is 0 Å². The van der Waals surface area contributed by atoms with Gasteiger partial charge in [-0.1, -0.05) is 0 Å². The lowest BCUT2D eigenvalue weighted by Crippen LogP contribution is -2.52. The SMILES string of the molecule is NN1CCO[C@H]2CCC[C@@H]21. The van der Waals surface area contributed by atoms with Crippen LogP contribution in [0.2, 0.25) is 0 Å². The molecule has 2 N–H and O–H groups in total. The van der Waals surface area contributed by atoms with Crippen molar-refractivity contribution in [1.29, 1.82) is 0 Å². The molecular weight excluding hydrogens is 128 g/mol. The molecule has 0 aromatic heterocycles. The number of nitrogens with zero attached hydrogens (tertiary/aromatic N) is 1. The van der Waals surface area contributed by atoms with Gasteiger partial charge in [0, 0.05) is 6.54 Å². The Morgan fingerprint density at radius 3 is 3.10 bits per heavy atom. The van der Waals surface area contributed by atoms with Crippen LogP contribution in [-0.4, -0.2) is 30.3 Å². The fourth-order valence-corrected chi connectivity index (χ4v) is 1.96. The summed E-state index contributed by atoms with van der Waals surface area (Å²) >= 11 is 0. The van der Waals surface area contributed by atoms with Crippen LogP contribution in [0.5, 0.6) is 0 Å². The average Bonchev–Trinajstić information content (AvgIpc) is 2.36. The molecule has 0 bridgehead atoms. The Morgan fingerprint density at radius 1 is 1.40 bits per heavy atom. The van der Waals surface area contributed by atoms with Crippen LogP contribution >= 0.6 is 0 Å². The predicted molar refractivity (Wildman–Crippen MR) is 38.3 cm³/mol. The number of hydrazine groups is 1. The molecule has 3 heteroatoms. The van der Waals surface area contributed by atoms with E-state index >= 15 is 0 Å². The Morgan fingerprint density at radius 2 is 2.30 bits per heavy atom. The largest absolute Gasteiger partial charge is 0.375 e. The second-order valence-electron chi connectivity index (χ2n) is 3.15. The molecule has 0 radical (unpaired) electrons. The van der Waals surface area contributed by atoms with E-state index in [1.807, 2.05) is 5.01 Å². The third kappa shape index (κ3) is 0.944. The first kappa shape index (κ1) is 6.58. The van der Waals surface area contributed by atoms with Crippen molar-refractivity contribution in [2.45, 2.75) is 31.4 Å². The highest BCUT2D eigenvalue weighted by Crippen LogP contribution is 2.27. The van der Waals surface area contributed by atoms with Gasteiger partial charge in [-0.2, -0.15) is 0 Å². The number of fused-ring (bicyclic) bond motifs is 1. The highest BCUT2D eigenvalue weighted by molar-refractivity contribution is 4.86. The van der Waals surface area contributed by atoms with Crippen molar-refractivity contribution in [3.05, 3.63) is 0 Å². The van der Waals surface area contributed by atoms with Gasteiger partial charge in [-0.15, -0.1) is 0 Å². The van der Waals surface area contributed by atoms with Crippen LogP contribution in [0.4, 0.5) is 0 Å². The highest BCUT2D eigenvalue weighted by atomic mass is 16.5. The minimum absolute atomic E-state index is 0.443. The summed E-state index contributed by atoms with van der Waals surface area (Å²) in [6.07, 6.45) is 4.15. The van der Waals surface area contributed by atoms with E-state index in [0.717, 1.165) is 13.2 Å². The van der Waals surface area contributed by atoms with E-state index in [4.69, 9.17) is 10.6 Å². The minimum Gasteiger partial charge on any atom is -0.375 e. The lowest BCUT2D eigenvalue weighted by atomic mass is 10.2. The lowest BCUT2D eigenvalue weighted by molar-refractivity contribution is -0.0561. The smallest absolute Gasteiger partial charge is 0.0744 e. The van der Waals surface area contributed by atoms with Crippen molar-refractivity contribution in [3.63, 3.8) is 0 Å². The Hall–Kier alpha value is -0.120. The van der Waals surface area contributed by atoms with Crippen molar-refractivity contribution in [3.8, 4) is 0 Å². The van der Waals surface area contributed by atoms with Crippen molar-refractivity contribution in [1.82, 2.24) is 5.01 Å². The zero-order valence-corrected chi connectivity index (χ0v) is 6.12. The molecule has 1 aliphatic carbocycles. The van der Waals surface area contributed by atoms with Gasteiger partial charge >= 0.3 is 0 Å². The van der Waals surface area contributed by atoms with Gasteiger partial charge in [0.2, 0.25) is 0 Å². The lowest BCUT2D eigenvalue weighted by Gasteiger charge is -2.33. The van der Waals surface area contributed by atoms with Crippen LogP contribution in [0, 0.1) is 0 Å². The van der Waals surface area contributed by atoms with Gasteiger partial charge in [-0.05, 0) is 19.3 Å². The number of rotatable bonds is 0. The van der Waals surface area contributed by atoms with Gasteiger partial charge < -0.3 is 4.74 Å². The maximum Gasteiger partial charge on any atom is 0.0744 e. The van der Waals surface area contributed by atoms with Crippen LogP contribution in [0.1, 0.15) is 19.3 Å². The third-order valence-corrected chi connectivity index (χ3v) is 2.53. The highest BCUT2D eigenvalue weighted by Gasteiger charge is 2.34. The Bertz CT molecular complexity index is 129. The van der Waals surface area contributed by atoms with Gasteiger partial charge in [-0.25, -0.2) is 5.01 Å². The van der Waals surface area contributed by atoms with E-state index in [0.29, 0.717) is 12.1 Å². The maximum atomic E-state index is 5.77. The summed E-state index contributed by atoms with van der Waals surface area (Å²) in [6, 6.07) is 0.522. The summed E-state index contributed by atoms with van der Waals surface area (Å²) in [7, 11) is 0. The molecule has 3 nitrogen and oxygen atoms in total. The molecule has 0 aromatic rings. The van der Waals surface area contributed by atoms with Gasteiger partial charge in [0.1, 0.15) is 0 Å². The van der Waals surface area contributed by atoms with Gasteiger partial charge in [-0.3, -0.25) is 5.84 Å². The zero-order valence-electron chi connectivity index (χ0n) is 6.12. The number of hydrogen-bond donors (Lipinski definition) is 1. The Balaban J connectivity index is 2.03. The van der Waals surface area contributed by atoms with Crippen LogP contribution < -0.4 is 5.84 Å². The third-order valence-electron chi connectivity index (χ3n) is 2.53. The molecule has 1 heterocycles. The molecule has 2 rings (SSSR count). The second kappa shape index (κ2) is 2.49. The topological polar surface area (TPSA) is 38.5 Å². The summed E-state index contributed by atoms with van der Waals surface area (Å²) in [5.41, 5.74) is 0. The quantitative estimate of drug-likeness (QED) is 0.488. The van der Waals surface area contributed by atoms with Crippen LogP contribution in [0.3, 0.4) is 0 Å². The first-order valence-corrected chi connectivity index (χ1v) is 4.01. The number of nitrogens with two attached hydrogens (primary N) is 1. The Labute approximate surface area is 61.1 Å². The monoisotopic (exact) mass is 142 g/mol. The van der Waals surface area contributed by atoms with Crippen LogP contribution in [0.25, 0.3) is 0 Å². The standard InChI is InChI=1S/C7H14N2O/c8-9-4-5-10-7-3-1-2-6(7)9/h6-7H,1-5,8H2/t6-,7-/m0/s1. The second-order valence-corrected chi connectivity index (χ2v) is 3.15. The summed E-state index contributed by atoms with van der Waals surface area (Å²) < 4.78 is 5.55. The van der Waals surface area contributed by atoms with E-state index in [1.165, 1.54) is 19.3 Å². The molecule has 0 unspecified atom stereocenters. The fourth-order valence-electron chi connectivity index (χ4n) is 1.96. The number of morpholine rings is 1. The molecule has 1 saturated carbocycles. The number of ether oxygens (including phenoxy) is 1. The van der Waals surface area contributed by atoms with Gasteiger partial charge in [0.05, 0.1) is 18.8 Å². The van der Waals surface area contributed by atoms with Crippen LogP contribution in [0.15, 0.2) is 0 Å². The molecular formula is C7H14N2O. The molecule has 2 fully saturated rings. The molecule has 0 aromatic carbocycles. The van der Waals surface area contributed by atoms with Gasteiger partial charge in [0.25, 0.3) is 0 Å². The predicted octanol–water partition coefficient (Wildman–Crippen LogP) is 0.113. The van der Waals surface area contributed by atoms with Crippen molar-refractivity contribution in [2.24, 2.45) is 5.84 Å². The molecule has 2 aliphatic rings. The van der Waals surface area contributed by atoms with E-state index < -0.39 is 0 Å². The minimum atomic E-state index is 0.443. The summed E-state index contributed by atoms with van der Waals surface area (Å²) in [4.78, 5) is 0. The van der Waals surface area contributed by atoms with Crippen molar-refractivity contribution in [2.75, 3.05) is 13.2 Å². The van der Waals surface area contributed by atoms with E-state index in [2.05, 4.69) is 0 Å². The maximum absolute atomic E-state index is 5.77. The molecule has 2 atom stereocenters. The van der Waals surface area contributed by atoms with Gasteiger partial charge in [0.15, 0.2) is 0 Å². The first-order chi connectivity index (χ1) is 4.88.